The van der Waals surface area contributed by atoms with Crippen molar-refractivity contribution in [1.29, 1.82) is 0 Å². The van der Waals surface area contributed by atoms with Crippen LogP contribution in [0.2, 0.25) is 10.0 Å². The molecule has 2 aliphatic heterocycles. The van der Waals surface area contributed by atoms with E-state index in [0.29, 0.717) is 34.1 Å². The molecular formula is C44H46Cl2N2Na3O11S3+. The van der Waals surface area contributed by atoms with Gasteiger partial charge in [0, 0.05) is 50.3 Å². The van der Waals surface area contributed by atoms with E-state index in [9.17, 15) is 22.9 Å². The van der Waals surface area contributed by atoms with Crippen molar-refractivity contribution in [1.82, 2.24) is 0 Å². The van der Waals surface area contributed by atoms with Gasteiger partial charge in [0.2, 0.25) is 0 Å². The van der Waals surface area contributed by atoms with E-state index in [-0.39, 0.29) is 112 Å². The van der Waals surface area contributed by atoms with Crippen molar-refractivity contribution >= 4 is 83.2 Å². The Balaban J connectivity index is 0.00000178. The van der Waals surface area contributed by atoms with Gasteiger partial charge in [0.05, 0.1) is 10.8 Å². The van der Waals surface area contributed by atoms with E-state index in [0.717, 1.165) is 58.9 Å². The molecule has 1 aliphatic carbocycles. The maximum absolute atomic E-state index is 12.8. The van der Waals surface area contributed by atoms with Gasteiger partial charge in [-0.2, -0.15) is 24.6 Å². The zero-order valence-electron chi connectivity index (χ0n) is 37.6. The third-order valence-electron chi connectivity index (χ3n) is 11.0. The maximum atomic E-state index is 12.8. The zero-order valence-corrected chi connectivity index (χ0v) is 47.6. The van der Waals surface area contributed by atoms with Crippen LogP contribution in [0.25, 0.3) is 5.57 Å². The molecule has 0 aromatic heterocycles. The van der Waals surface area contributed by atoms with Crippen molar-refractivity contribution in [3.05, 3.63) is 135 Å². The van der Waals surface area contributed by atoms with Crippen molar-refractivity contribution in [2.75, 3.05) is 18.0 Å². The smallest absolute Gasteiger partial charge is 0.744 e. The van der Waals surface area contributed by atoms with Gasteiger partial charge in [0.15, 0.2) is 5.71 Å². The van der Waals surface area contributed by atoms with E-state index >= 15 is 0 Å². The molecular weight excluding hydrogens is 969 g/mol. The fourth-order valence-electron chi connectivity index (χ4n) is 8.24. The molecule has 1 unspecified atom stereocenters. The summed E-state index contributed by atoms with van der Waals surface area (Å²) in [6.07, 6.45) is 11.2. The van der Waals surface area contributed by atoms with Crippen molar-refractivity contribution < 1.29 is 141 Å². The molecule has 0 spiro atoms. The van der Waals surface area contributed by atoms with Gasteiger partial charge in [0.25, 0.3) is 0 Å². The number of benzene rings is 3. The number of rotatable bonds is 11. The monoisotopic (exact) mass is 1010 g/mol. The molecule has 3 aromatic rings. The van der Waals surface area contributed by atoms with E-state index in [1.807, 2.05) is 38.1 Å². The minimum absolute atomic E-state index is 0. The molecule has 1 atom stereocenters. The molecule has 3 aliphatic rings. The molecule has 0 amide bonds. The second-order valence-corrected chi connectivity index (χ2v) is 18.7. The number of aliphatic carboxylic acids is 1. The minimum Gasteiger partial charge on any atom is -0.744 e. The fourth-order valence-corrected chi connectivity index (χ4v) is 9.32. The molecule has 13 nitrogen and oxygen atoms in total. The number of carbonyl (C=O) groups is 1. The quantitative estimate of drug-likeness (QED) is 0.109. The molecule has 65 heavy (non-hydrogen) atoms. The molecule has 1 N–H and O–H groups in total. The standard InChI is InChI=1S/C44H47Cl2N2O5S.3Na.2O3S/c1-7-9-24-48-36-16-11-10-13-32(36)43(3,4)38(48)21-17-28-25-30(42(49)50)26-29(40(28)41-34(45)14-12-15-35(41)46)18-22-39-44(5,6)33-27-31(54(51,52)53)19-20-37(33)47(39)23-8-2;;;;2*1-4(2)3/h11-22,27,30H,2,7-9,23-26H2,1,3-6H3,(H,49,50)(H,51,52,53);;;;;/q-1;3*+1;;/p-1. The molecule has 0 radical (unpaired) electrons. The maximum Gasteiger partial charge on any atom is 1.00 e. The number of unbranched alkanes of at least 4 members (excludes halogenated alkanes) is 1. The van der Waals surface area contributed by atoms with Crippen LogP contribution in [-0.4, -0.2) is 72.7 Å². The van der Waals surface area contributed by atoms with Gasteiger partial charge in [-0.15, -0.1) is 31.3 Å². The van der Waals surface area contributed by atoms with Crippen molar-refractivity contribution in [2.24, 2.45) is 5.92 Å². The van der Waals surface area contributed by atoms with E-state index in [1.54, 1.807) is 24.3 Å². The average molecular weight is 1010 g/mol. The van der Waals surface area contributed by atoms with Crippen LogP contribution < -0.4 is 93.6 Å². The molecule has 21 heteroatoms. The predicted molar refractivity (Wildman–Crippen MR) is 236 cm³/mol. The van der Waals surface area contributed by atoms with Crippen LogP contribution in [-0.2, 0) is 47.0 Å². The van der Waals surface area contributed by atoms with Crippen molar-refractivity contribution in [2.45, 2.75) is 82.4 Å². The van der Waals surface area contributed by atoms with Gasteiger partial charge in [-0.05, 0) is 78.1 Å². The first-order chi connectivity index (χ1) is 29.0. The molecule has 0 saturated carbocycles. The summed E-state index contributed by atoms with van der Waals surface area (Å²) >= 11 is 13.9. The van der Waals surface area contributed by atoms with Crippen LogP contribution in [0.15, 0.2) is 101 Å². The Labute approximate surface area is 460 Å². The largest absolute Gasteiger partial charge is 1.00 e. The summed E-state index contributed by atoms with van der Waals surface area (Å²) in [6.45, 7) is 16.0. The Morgan fingerprint density at radius 1 is 0.938 bits per heavy atom. The number of carboxylic acid groups (broad SMARTS) is 1. The van der Waals surface area contributed by atoms with Crippen LogP contribution in [0, 0.1) is 18.9 Å². The Kier molecular flexibility index (Phi) is 24.8. The number of anilines is 1. The number of carboxylic acids is 1. The van der Waals surface area contributed by atoms with Gasteiger partial charge >= 0.3 is 116 Å². The third kappa shape index (κ3) is 14.9. The summed E-state index contributed by atoms with van der Waals surface area (Å²) in [6, 6.07) is 19.2. The summed E-state index contributed by atoms with van der Waals surface area (Å²) in [5, 5.41) is 11.4. The third-order valence-corrected chi connectivity index (χ3v) is 12.5. The van der Waals surface area contributed by atoms with E-state index in [4.69, 9.17) is 48.5 Å². The number of nitrogens with zero attached hydrogens (tertiary/aromatic N) is 2. The Morgan fingerprint density at radius 3 is 2.08 bits per heavy atom. The predicted octanol–water partition coefficient (Wildman–Crippen LogP) is -0.785. The summed E-state index contributed by atoms with van der Waals surface area (Å²) in [5.41, 5.74) is 7.79. The van der Waals surface area contributed by atoms with Gasteiger partial charge in [0.1, 0.15) is 22.4 Å². The first kappa shape index (κ1) is 61.3. The molecule has 0 saturated heterocycles. The van der Waals surface area contributed by atoms with Crippen LogP contribution in [0.5, 0.6) is 0 Å². The first-order valence-electron chi connectivity index (χ1n) is 19.3. The SMILES string of the molecule is O=S(=O)=O.O=S(=O)=O.[CH2-]CCN1/C(=C/C=C2\CC(C(=O)O)CC(/C=C/C3=[N+](CCCC)c4cc[c-]cc4C3(C)C)=C2c2c(Cl)cccc2Cl)C(C)(C)c2cc(S(=O)(=O)[O-])ccc21.[Na+].[Na+].[Na+]. The van der Waals surface area contributed by atoms with E-state index in [2.05, 4.69) is 61.4 Å². The van der Waals surface area contributed by atoms with Crippen LogP contribution in [0.1, 0.15) is 83.4 Å². The summed E-state index contributed by atoms with van der Waals surface area (Å²) in [5.74, 6) is -1.61. The molecule has 2 heterocycles. The second-order valence-electron chi connectivity index (χ2n) is 15.6. The minimum atomic E-state index is -4.67. The van der Waals surface area contributed by atoms with Crippen molar-refractivity contribution in [3.8, 4) is 0 Å². The Morgan fingerprint density at radius 2 is 1.54 bits per heavy atom. The number of hydrogen-bond acceptors (Lipinski definition) is 11. The molecule has 332 valence electrons. The fraction of sp³-hybridized carbons (Fsp3) is 0.341. The number of hydrogen-bond donors (Lipinski definition) is 1. The first-order valence-corrected chi connectivity index (χ1v) is 23.5. The topological polar surface area (TPSA) is 203 Å². The van der Waals surface area contributed by atoms with Gasteiger partial charge in [-0.3, -0.25) is 4.79 Å². The van der Waals surface area contributed by atoms with Crippen LogP contribution in [0.3, 0.4) is 0 Å². The number of fused-ring (bicyclic) bond motifs is 2. The molecule has 0 bridgehead atoms. The molecule has 6 rings (SSSR count). The van der Waals surface area contributed by atoms with Gasteiger partial charge in [-0.25, -0.2) is 13.0 Å². The van der Waals surface area contributed by atoms with Gasteiger partial charge < -0.3 is 21.5 Å². The molecule has 0 fully saturated rings. The Bertz CT molecular complexity index is 2710. The number of allylic oxidation sites excluding steroid dienone is 8. The number of halogens is 2. The van der Waals surface area contributed by atoms with E-state index < -0.39 is 48.6 Å². The summed E-state index contributed by atoms with van der Waals surface area (Å²) < 4.78 is 89.1. The summed E-state index contributed by atoms with van der Waals surface area (Å²) in [7, 11) is -10.9. The average Bonchev–Trinajstić information content (AvgIpc) is 3.52. The Hall–Kier alpha value is -1.71. The zero-order chi connectivity index (χ0) is 46.3. The van der Waals surface area contributed by atoms with Gasteiger partial charge in [-0.1, -0.05) is 88.0 Å². The van der Waals surface area contributed by atoms with Crippen LogP contribution in [0.4, 0.5) is 11.4 Å². The summed E-state index contributed by atoms with van der Waals surface area (Å²) in [4.78, 5) is 14.6. The van der Waals surface area contributed by atoms with Crippen molar-refractivity contribution in [3.63, 3.8) is 0 Å². The second kappa shape index (κ2) is 26.3. The normalized spacial score (nSPS) is 18.0. The van der Waals surface area contributed by atoms with E-state index in [1.165, 1.54) is 17.7 Å². The molecule has 3 aromatic carbocycles. The van der Waals surface area contributed by atoms with Crippen LogP contribution >= 0.6 is 23.2 Å².